The summed E-state index contributed by atoms with van der Waals surface area (Å²) in [6, 6.07) is 6.69. The molecule has 1 aliphatic heterocycles. The third-order valence-electron chi connectivity index (χ3n) is 2.52. The Balaban J connectivity index is 2.51. The van der Waals surface area contributed by atoms with E-state index in [2.05, 4.69) is 15.9 Å². The zero-order valence-corrected chi connectivity index (χ0v) is 10.3. The van der Waals surface area contributed by atoms with Crippen LogP contribution < -0.4 is 4.74 Å². The zero-order chi connectivity index (χ0) is 12.5. The first-order valence-corrected chi connectivity index (χ1v) is 5.67. The van der Waals surface area contributed by atoms with Crippen molar-refractivity contribution in [1.82, 2.24) is 0 Å². The molecule has 0 aliphatic carbocycles. The summed E-state index contributed by atoms with van der Waals surface area (Å²) in [5, 5.41) is 8.77. The van der Waals surface area contributed by atoms with Crippen molar-refractivity contribution in [3.63, 3.8) is 0 Å². The van der Waals surface area contributed by atoms with Crippen molar-refractivity contribution in [2.75, 3.05) is 13.3 Å². The Morgan fingerprint density at radius 1 is 1.35 bits per heavy atom. The van der Waals surface area contributed by atoms with E-state index in [1.165, 1.54) is 6.08 Å². The number of hydrogen-bond donors (Lipinski definition) is 0. The van der Waals surface area contributed by atoms with E-state index in [1.54, 1.807) is 18.2 Å². The third-order valence-corrected chi connectivity index (χ3v) is 3.18. The molecule has 1 aromatic carbocycles. The summed E-state index contributed by atoms with van der Waals surface area (Å²) in [6.45, 7) is -1.89. The third kappa shape index (κ3) is 2.05. The lowest BCUT2D eigenvalue weighted by atomic mass is 10.00. The molecular formula is C12H8BrF2NO. The molecule has 0 bridgehead atoms. The van der Waals surface area contributed by atoms with Crippen molar-refractivity contribution in [1.29, 1.82) is 5.26 Å². The molecule has 0 aromatic heterocycles. The lowest BCUT2D eigenvalue weighted by Crippen LogP contribution is -2.40. The molecule has 5 heteroatoms. The number of fused-ring (bicyclic) bond motifs is 1. The standard InChI is InChI=1S/C12H8BrF2NO/c13-10-4-12(6-14,7-15)17-11-2-1-8(5-16)3-9(10)11/h1-4H,6-7H2. The van der Waals surface area contributed by atoms with Gasteiger partial charge >= 0.3 is 0 Å². The number of halogens is 3. The predicted octanol–water partition coefficient (Wildman–Crippen LogP) is 3.36. The molecule has 88 valence electrons. The lowest BCUT2D eigenvalue weighted by Gasteiger charge is -2.31. The van der Waals surface area contributed by atoms with Gasteiger partial charge < -0.3 is 4.74 Å². The fourth-order valence-electron chi connectivity index (χ4n) is 1.60. The highest BCUT2D eigenvalue weighted by molar-refractivity contribution is 9.15. The average Bonchev–Trinajstić information content (AvgIpc) is 2.38. The molecule has 1 heterocycles. The van der Waals surface area contributed by atoms with Crippen molar-refractivity contribution < 1.29 is 13.5 Å². The first kappa shape index (κ1) is 12.1. The van der Waals surface area contributed by atoms with Gasteiger partial charge in [-0.05, 0) is 24.3 Å². The van der Waals surface area contributed by atoms with Crippen LogP contribution in [0.1, 0.15) is 11.1 Å². The van der Waals surface area contributed by atoms with Crippen molar-refractivity contribution >= 4 is 20.4 Å². The Kier molecular flexibility index (Phi) is 3.16. The van der Waals surface area contributed by atoms with Crippen LogP contribution in [0.5, 0.6) is 5.75 Å². The second-order valence-electron chi connectivity index (χ2n) is 3.75. The van der Waals surface area contributed by atoms with Gasteiger partial charge in [-0.2, -0.15) is 5.26 Å². The van der Waals surface area contributed by atoms with E-state index in [0.717, 1.165) is 0 Å². The molecule has 1 aromatic rings. The number of benzene rings is 1. The minimum absolute atomic E-state index is 0.369. The number of nitrogens with zero attached hydrogens (tertiary/aromatic N) is 1. The van der Waals surface area contributed by atoms with Gasteiger partial charge in [0.25, 0.3) is 0 Å². The van der Waals surface area contributed by atoms with Crippen LogP contribution in [0.2, 0.25) is 0 Å². The molecule has 2 rings (SSSR count). The minimum atomic E-state index is -1.56. The summed E-state index contributed by atoms with van der Waals surface area (Å²) >= 11 is 3.25. The van der Waals surface area contributed by atoms with Gasteiger partial charge in [-0.25, -0.2) is 8.78 Å². The van der Waals surface area contributed by atoms with E-state index >= 15 is 0 Å². The van der Waals surface area contributed by atoms with Crippen LogP contribution in [0.3, 0.4) is 0 Å². The fourth-order valence-corrected chi connectivity index (χ4v) is 2.33. The molecular weight excluding hydrogens is 292 g/mol. The summed E-state index contributed by atoms with van der Waals surface area (Å²) in [6.07, 6.45) is 1.36. The molecule has 0 amide bonds. The maximum Gasteiger partial charge on any atom is 0.185 e. The summed E-state index contributed by atoms with van der Waals surface area (Å²) in [5.41, 5.74) is -0.465. The van der Waals surface area contributed by atoms with Crippen LogP contribution in [0.25, 0.3) is 4.48 Å². The molecule has 0 spiro atoms. The molecule has 17 heavy (non-hydrogen) atoms. The van der Waals surface area contributed by atoms with Crippen LogP contribution >= 0.6 is 15.9 Å². The van der Waals surface area contributed by atoms with Gasteiger partial charge in [0.15, 0.2) is 5.60 Å². The van der Waals surface area contributed by atoms with Crippen LogP contribution in [-0.4, -0.2) is 19.0 Å². The maximum absolute atomic E-state index is 12.9. The average molecular weight is 300 g/mol. The van der Waals surface area contributed by atoms with E-state index in [4.69, 9.17) is 10.00 Å². The van der Waals surface area contributed by atoms with Crippen LogP contribution in [-0.2, 0) is 0 Å². The van der Waals surface area contributed by atoms with Gasteiger partial charge in [0.2, 0.25) is 0 Å². The zero-order valence-electron chi connectivity index (χ0n) is 8.71. The van der Waals surface area contributed by atoms with Crippen LogP contribution in [0.4, 0.5) is 8.78 Å². The topological polar surface area (TPSA) is 33.0 Å². The first-order chi connectivity index (χ1) is 8.14. The van der Waals surface area contributed by atoms with Gasteiger partial charge in [-0.3, -0.25) is 0 Å². The number of alkyl halides is 2. The molecule has 0 unspecified atom stereocenters. The number of hydrogen-bond acceptors (Lipinski definition) is 2. The maximum atomic E-state index is 12.9. The number of rotatable bonds is 2. The number of nitriles is 1. The van der Waals surface area contributed by atoms with Gasteiger partial charge in [0.1, 0.15) is 19.1 Å². The molecule has 1 aliphatic rings. The normalized spacial score (nSPS) is 16.5. The summed E-state index contributed by atoms with van der Waals surface area (Å²) in [7, 11) is 0. The van der Waals surface area contributed by atoms with Crippen LogP contribution in [0, 0.1) is 11.3 Å². The van der Waals surface area contributed by atoms with Crippen molar-refractivity contribution in [3.8, 4) is 11.8 Å². The van der Waals surface area contributed by atoms with E-state index in [1.807, 2.05) is 6.07 Å². The first-order valence-electron chi connectivity index (χ1n) is 4.88. The van der Waals surface area contributed by atoms with Gasteiger partial charge in [0.05, 0.1) is 11.6 Å². The van der Waals surface area contributed by atoms with E-state index in [9.17, 15) is 8.78 Å². The summed E-state index contributed by atoms with van der Waals surface area (Å²) < 4.78 is 31.6. The Morgan fingerprint density at radius 2 is 2.06 bits per heavy atom. The molecule has 0 saturated heterocycles. The highest BCUT2D eigenvalue weighted by Crippen LogP contribution is 2.40. The second kappa shape index (κ2) is 4.46. The highest BCUT2D eigenvalue weighted by Gasteiger charge is 2.35. The van der Waals surface area contributed by atoms with E-state index in [0.29, 0.717) is 21.4 Å². The smallest absolute Gasteiger partial charge is 0.185 e. The molecule has 0 fully saturated rings. The highest BCUT2D eigenvalue weighted by atomic mass is 79.9. The largest absolute Gasteiger partial charge is 0.477 e. The second-order valence-corrected chi connectivity index (χ2v) is 4.60. The predicted molar refractivity (Wildman–Crippen MR) is 63.4 cm³/mol. The SMILES string of the molecule is N#Cc1ccc2c(c1)C(Br)=CC(CF)(CF)O2. The molecule has 2 nitrogen and oxygen atoms in total. The Morgan fingerprint density at radius 3 is 2.65 bits per heavy atom. The van der Waals surface area contributed by atoms with Crippen molar-refractivity contribution in [2.24, 2.45) is 0 Å². The molecule has 0 saturated carbocycles. The fraction of sp³-hybridized carbons (Fsp3) is 0.250. The van der Waals surface area contributed by atoms with Crippen LogP contribution in [0.15, 0.2) is 24.3 Å². The molecule has 0 atom stereocenters. The Hall–Kier alpha value is -1.41. The quantitative estimate of drug-likeness (QED) is 0.839. The van der Waals surface area contributed by atoms with Gasteiger partial charge in [-0.15, -0.1) is 0 Å². The van der Waals surface area contributed by atoms with Gasteiger partial charge in [0, 0.05) is 10.0 Å². The molecule has 0 radical (unpaired) electrons. The van der Waals surface area contributed by atoms with Gasteiger partial charge in [-0.1, -0.05) is 15.9 Å². The van der Waals surface area contributed by atoms with Crippen molar-refractivity contribution in [3.05, 3.63) is 35.4 Å². The van der Waals surface area contributed by atoms with E-state index in [-0.39, 0.29) is 0 Å². The monoisotopic (exact) mass is 299 g/mol. The minimum Gasteiger partial charge on any atom is -0.477 e. The van der Waals surface area contributed by atoms with E-state index < -0.39 is 19.0 Å². The summed E-state index contributed by atoms with van der Waals surface area (Å²) in [4.78, 5) is 0. The molecule has 0 N–H and O–H groups in total. The Bertz CT molecular complexity index is 518. The Labute approximate surface area is 106 Å². The van der Waals surface area contributed by atoms with Crippen molar-refractivity contribution in [2.45, 2.75) is 5.60 Å². The lowest BCUT2D eigenvalue weighted by molar-refractivity contribution is 0.0597. The number of ether oxygens (including phenoxy) is 1. The summed E-state index contributed by atoms with van der Waals surface area (Å²) in [5.74, 6) is 0.369.